The maximum Gasteiger partial charge on any atom is 0.229 e. The molecule has 1 aromatic carbocycles. The molecule has 0 radical (unpaired) electrons. The number of rotatable bonds is 5. The summed E-state index contributed by atoms with van der Waals surface area (Å²) in [5, 5.41) is 3.59. The van der Waals surface area contributed by atoms with E-state index in [-0.39, 0.29) is 23.2 Å². The fourth-order valence-electron chi connectivity index (χ4n) is 3.22. The van der Waals surface area contributed by atoms with E-state index in [0.29, 0.717) is 5.82 Å². The van der Waals surface area contributed by atoms with Crippen LogP contribution in [0, 0.1) is 11.7 Å². The Hall–Kier alpha value is -2.05. The third-order valence-electron chi connectivity index (χ3n) is 4.66. The van der Waals surface area contributed by atoms with Gasteiger partial charge in [-0.25, -0.2) is 9.37 Å². The van der Waals surface area contributed by atoms with E-state index in [2.05, 4.69) is 34.2 Å². The largest absolute Gasteiger partial charge is 0.310 e. The Labute approximate surface area is 147 Å². The maximum atomic E-state index is 13.9. The van der Waals surface area contributed by atoms with Gasteiger partial charge in [0.25, 0.3) is 0 Å². The molecule has 1 amide bonds. The zero-order chi connectivity index (χ0) is 17.8. The molecule has 25 heavy (non-hydrogen) atoms. The number of likely N-dealkylation sites (N-methyl/N-ethyl adjacent to an activating group) is 1. The summed E-state index contributed by atoms with van der Waals surface area (Å²) >= 11 is 0. The molecule has 1 saturated heterocycles. The van der Waals surface area contributed by atoms with Gasteiger partial charge in [0.05, 0.1) is 5.92 Å². The summed E-state index contributed by atoms with van der Waals surface area (Å²) in [7, 11) is 4.11. The molecule has 0 aliphatic carbocycles. The number of likely N-dealkylation sites (tertiary alicyclic amines) is 1. The summed E-state index contributed by atoms with van der Waals surface area (Å²) in [6.07, 6.45) is 1.90. The smallest absolute Gasteiger partial charge is 0.229 e. The molecule has 0 bridgehead atoms. The fourth-order valence-corrected chi connectivity index (χ4v) is 3.22. The lowest BCUT2D eigenvalue weighted by atomic mass is 9.97. The molecule has 1 unspecified atom stereocenters. The Kier molecular flexibility index (Phi) is 5.60. The number of benzene rings is 1. The zero-order valence-corrected chi connectivity index (χ0v) is 14.8. The first-order valence-corrected chi connectivity index (χ1v) is 8.76. The summed E-state index contributed by atoms with van der Waals surface area (Å²) in [6.45, 7) is 3.76. The first kappa shape index (κ1) is 17.8. The van der Waals surface area contributed by atoms with Gasteiger partial charge in [0.1, 0.15) is 17.2 Å². The molecule has 6 heteroatoms. The van der Waals surface area contributed by atoms with Crippen LogP contribution in [0.25, 0.3) is 10.9 Å². The van der Waals surface area contributed by atoms with Gasteiger partial charge in [-0.3, -0.25) is 4.79 Å². The van der Waals surface area contributed by atoms with Crippen LogP contribution in [0.4, 0.5) is 10.2 Å². The third-order valence-corrected chi connectivity index (χ3v) is 4.66. The van der Waals surface area contributed by atoms with Gasteiger partial charge in [0.15, 0.2) is 0 Å². The van der Waals surface area contributed by atoms with Crippen molar-refractivity contribution < 1.29 is 9.18 Å². The van der Waals surface area contributed by atoms with Gasteiger partial charge in [-0.15, -0.1) is 0 Å². The molecule has 1 atom stereocenters. The van der Waals surface area contributed by atoms with Gasteiger partial charge < -0.3 is 15.1 Å². The molecule has 1 N–H and O–H groups in total. The molecule has 0 saturated carbocycles. The van der Waals surface area contributed by atoms with E-state index >= 15 is 0 Å². The van der Waals surface area contributed by atoms with Crippen LogP contribution in [-0.2, 0) is 4.79 Å². The minimum atomic E-state index is -0.374. The number of nitrogens with one attached hydrogen (secondary N) is 1. The van der Waals surface area contributed by atoms with Crippen molar-refractivity contribution in [1.29, 1.82) is 0 Å². The van der Waals surface area contributed by atoms with Crippen molar-refractivity contribution in [3.63, 3.8) is 0 Å². The number of piperidine rings is 1. The van der Waals surface area contributed by atoms with Crippen LogP contribution in [0.15, 0.2) is 30.3 Å². The minimum Gasteiger partial charge on any atom is -0.310 e. The Morgan fingerprint density at radius 2 is 2.20 bits per heavy atom. The van der Waals surface area contributed by atoms with E-state index < -0.39 is 0 Å². The lowest BCUT2D eigenvalue weighted by molar-refractivity contribution is -0.121. The first-order chi connectivity index (χ1) is 12.0. The number of halogens is 1. The number of para-hydroxylation sites is 1. The normalized spacial score (nSPS) is 18.6. The summed E-state index contributed by atoms with van der Waals surface area (Å²) in [5.41, 5.74) is 0.288. The van der Waals surface area contributed by atoms with Crippen molar-refractivity contribution in [3.05, 3.63) is 36.1 Å². The number of hydrogen-bond acceptors (Lipinski definition) is 4. The van der Waals surface area contributed by atoms with Gasteiger partial charge in [-0.1, -0.05) is 12.1 Å². The molecule has 1 aliphatic rings. The summed E-state index contributed by atoms with van der Waals surface area (Å²) in [4.78, 5) is 21.3. The van der Waals surface area contributed by atoms with Gasteiger partial charge in [0.2, 0.25) is 5.91 Å². The molecule has 1 aliphatic heterocycles. The monoisotopic (exact) mass is 344 g/mol. The molecule has 5 nitrogen and oxygen atoms in total. The topological polar surface area (TPSA) is 48.5 Å². The number of anilines is 1. The van der Waals surface area contributed by atoms with Crippen LogP contribution >= 0.6 is 0 Å². The van der Waals surface area contributed by atoms with E-state index in [1.807, 2.05) is 0 Å². The summed E-state index contributed by atoms with van der Waals surface area (Å²) in [6, 6.07) is 8.35. The summed E-state index contributed by atoms with van der Waals surface area (Å²) in [5.74, 6) is -0.0408. The van der Waals surface area contributed by atoms with Gasteiger partial charge in [-0.2, -0.15) is 0 Å². The quantitative estimate of drug-likeness (QED) is 0.906. The second kappa shape index (κ2) is 7.89. The Morgan fingerprint density at radius 3 is 3.00 bits per heavy atom. The van der Waals surface area contributed by atoms with Crippen molar-refractivity contribution in [2.75, 3.05) is 45.6 Å². The van der Waals surface area contributed by atoms with Crippen molar-refractivity contribution in [2.45, 2.75) is 12.8 Å². The lowest BCUT2D eigenvalue weighted by Crippen LogP contribution is -2.43. The molecule has 3 rings (SSSR count). The average Bonchev–Trinajstić information content (AvgIpc) is 2.61. The van der Waals surface area contributed by atoms with E-state index in [1.165, 1.54) is 6.07 Å². The second-order valence-electron chi connectivity index (χ2n) is 6.94. The highest BCUT2D eigenvalue weighted by Gasteiger charge is 2.26. The number of aromatic nitrogens is 1. The standard InChI is InChI=1S/C19H25FN4O/c1-23(2)11-12-24-10-4-6-15(13-24)19(25)22-17-9-8-14-5-3-7-16(20)18(14)21-17/h3,5,7-9,15H,4,6,10-13H2,1-2H3,(H,21,22,25). The molecule has 2 aromatic rings. The van der Waals surface area contributed by atoms with E-state index in [9.17, 15) is 9.18 Å². The average molecular weight is 344 g/mol. The number of hydrogen-bond donors (Lipinski definition) is 1. The molecular weight excluding hydrogens is 319 g/mol. The number of amides is 1. The second-order valence-corrected chi connectivity index (χ2v) is 6.94. The molecule has 2 heterocycles. The van der Waals surface area contributed by atoms with Crippen molar-refractivity contribution >= 4 is 22.6 Å². The van der Waals surface area contributed by atoms with Crippen LogP contribution < -0.4 is 5.32 Å². The lowest BCUT2D eigenvalue weighted by Gasteiger charge is -2.32. The molecule has 134 valence electrons. The molecule has 1 aromatic heterocycles. The maximum absolute atomic E-state index is 13.9. The van der Waals surface area contributed by atoms with Crippen LogP contribution in [0.2, 0.25) is 0 Å². The molecule has 0 spiro atoms. The van der Waals surface area contributed by atoms with Gasteiger partial charge in [0, 0.05) is 25.0 Å². The summed E-state index contributed by atoms with van der Waals surface area (Å²) < 4.78 is 13.9. The Morgan fingerprint density at radius 1 is 1.36 bits per heavy atom. The molecule has 1 fully saturated rings. The highest BCUT2D eigenvalue weighted by molar-refractivity contribution is 5.93. The SMILES string of the molecule is CN(C)CCN1CCCC(C(=O)Nc2ccc3cccc(F)c3n2)C1. The van der Waals surface area contributed by atoms with E-state index in [0.717, 1.165) is 44.4 Å². The first-order valence-electron chi connectivity index (χ1n) is 8.76. The zero-order valence-electron chi connectivity index (χ0n) is 14.8. The molecular formula is C19H25FN4O. The number of nitrogens with zero attached hydrogens (tertiary/aromatic N) is 3. The van der Waals surface area contributed by atoms with Crippen molar-refractivity contribution in [2.24, 2.45) is 5.92 Å². The van der Waals surface area contributed by atoms with Gasteiger partial charge in [-0.05, 0) is 51.7 Å². The number of carbonyl (C=O) groups is 1. The van der Waals surface area contributed by atoms with Crippen LogP contribution in [0.5, 0.6) is 0 Å². The Balaban J connectivity index is 1.64. The van der Waals surface area contributed by atoms with E-state index in [1.54, 1.807) is 24.3 Å². The van der Waals surface area contributed by atoms with Crippen molar-refractivity contribution in [3.8, 4) is 0 Å². The van der Waals surface area contributed by atoms with Crippen molar-refractivity contribution in [1.82, 2.24) is 14.8 Å². The fraction of sp³-hybridized carbons (Fsp3) is 0.474. The predicted octanol–water partition coefficient (Wildman–Crippen LogP) is 2.59. The highest BCUT2D eigenvalue weighted by Crippen LogP contribution is 2.21. The highest BCUT2D eigenvalue weighted by atomic mass is 19.1. The number of carbonyl (C=O) groups excluding carboxylic acids is 1. The predicted molar refractivity (Wildman–Crippen MR) is 98.0 cm³/mol. The van der Waals surface area contributed by atoms with Gasteiger partial charge >= 0.3 is 0 Å². The van der Waals surface area contributed by atoms with Crippen LogP contribution in [-0.4, -0.2) is 61.0 Å². The van der Waals surface area contributed by atoms with Crippen LogP contribution in [0.1, 0.15) is 12.8 Å². The van der Waals surface area contributed by atoms with E-state index in [4.69, 9.17) is 0 Å². The number of pyridine rings is 1. The Bertz CT molecular complexity index is 749. The minimum absolute atomic E-state index is 0.0299. The number of fused-ring (bicyclic) bond motifs is 1. The third kappa shape index (κ3) is 4.52. The van der Waals surface area contributed by atoms with Crippen LogP contribution in [0.3, 0.4) is 0 Å².